The summed E-state index contributed by atoms with van der Waals surface area (Å²) in [5.74, 6) is 0.189. The number of hydrogen-bond donors (Lipinski definition) is 2. The first kappa shape index (κ1) is 11.4. The number of fused-ring (bicyclic) bond motifs is 1. The molecule has 3 rings (SSSR count). The lowest BCUT2D eigenvalue weighted by atomic mass is 10.1. The largest absolute Gasteiger partial charge is 0.508 e. The van der Waals surface area contributed by atoms with Crippen molar-refractivity contribution in [1.82, 2.24) is 4.98 Å². The molecule has 0 radical (unpaired) electrons. The summed E-state index contributed by atoms with van der Waals surface area (Å²) in [6, 6.07) is 4.95. The third-order valence-corrected chi connectivity index (χ3v) is 4.10. The molecule has 0 aliphatic carbocycles. The quantitative estimate of drug-likeness (QED) is 0.858. The highest BCUT2D eigenvalue weighted by molar-refractivity contribution is 7.22. The van der Waals surface area contributed by atoms with Crippen molar-refractivity contribution in [2.24, 2.45) is 5.92 Å². The summed E-state index contributed by atoms with van der Waals surface area (Å²) < 4.78 is 0.852. The van der Waals surface area contributed by atoms with Gasteiger partial charge >= 0.3 is 0 Å². The van der Waals surface area contributed by atoms with Crippen molar-refractivity contribution in [3.63, 3.8) is 0 Å². The molecule has 0 saturated carbocycles. The molecule has 1 aliphatic rings. The van der Waals surface area contributed by atoms with E-state index in [1.54, 1.807) is 23.1 Å². The highest BCUT2D eigenvalue weighted by Crippen LogP contribution is 2.33. The smallest absolute Gasteiger partial charge is 0.229 e. The Morgan fingerprint density at radius 3 is 3.06 bits per heavy atom. The van der Waals surface area contributed by atoms with Crippen molar-refractivity contribution in [3.05, 3.63) is 18.2 Å². The fourth-order valence-corrected chi connectivity index (χ4v) is 3.13. The number of anilines is 1. The van der Waals surface area contributed by atoms with E-state index in [0.29, 0.717) is 18.1 Å². The van der Waals surface area contributed by atoms with Crippen LogP contribution < -0.4 is 4.90 Å². The summed E-state index contributed by atoms with van der Waals surface area (Å²) in [4.78, 5) is 17.8. The molecular weight excluding hydrogens is 252 g/mol. The summed E-state index contributed by atoms with van der Waals surface area (Å²) in [7, 11) is 0. The first-order valence-electron chi connectivity index (χ1n) is 5.68. The van der Waals surface area contributed by atoms with Crippen molar-refractivity contribution in [2.45, 2.75) is 6.42 Å². The Morgan fingerprint density at radius 1 is 1.50 bits per heavy atom. The van der Waals surface area contributed by atoms with Gasteiger partial charge in [-0.2, -0.15) is 0 Å². The Labute approximate surface area is 107 Å². The van der Waals surface area contributed by atoms with E-state index in [9.17, 15) is 9.90 Å². The fraction of sp³-hybridized carbons (Fsp3) is 0.333. The number of aromatic nitrogens is 1. The van der Waals surface area contributed by atoms with Crippen LogP contribution in [-0.2, 0) is 4.79 Å². The standard InChI is InChI=1S/C12H12N2O3S/c15-6-7-3-11(17)14(5-7)12-13-9-2-1-8(16)4-10(9)18-12/h1-2,4,7,15-16H,3,5-6H2. The molecule has 2 aromatic rings. The van der Waals surface area contributed by atoms with Crippen LogP contribution in [0.25, 0.3) is 10.2 Å². The van der Waals surface area contributed by atoms with Gasteiger partial charge in [0.15, 0.2) is 5.13 Å². The predicted octanol–water partition coefficient (Wildman–Crippen LogP) is 1.35. The van der Waals surface area contributed by atoms with Gasteiger partial charge in [-0.15, -0.1) is 0 Å². The number of carbonyl (C=O) groups excluding carboxylic acids is 1. The Kier molecular flexibility index (Phi) is 2.68. The van der Waals surface area contributed by atoms with E-state index >= 15 is 0 Å². The van der Waals surface area contributed by atoms with Gasteiger partial charge in [-0.05, 0) is 18.2 Å². The number of aliphatic hydroxyl groups is 1. The predicted molar refractivity (Wildman–Crippen MR) is 68.8 cm³/mol. The van der Waals surface area contributed by atoms with Crippen LogP contribution in [0.5, 0.6) is 5.75 Å². The number of amides is 1. The van der Waals surface area contributed by atoms with E-state index in [1.807, 2.05) is 0 Å². The van der Waals surface area contributed by atoms with E-state index in [2.05, 4.69) is 4.98 Å². The molecule has 18 heavy (non-hydrogen) atoms. The fourth-order valence-electron chi connectivity index (χ4n) is 2.11. The maximum Gasteiger partial charge on any atom is 0.229 e. The van der Waals surface area contributed by atoms with Crippen LogP contribution >= 0.6 is 11.3 Å². The molecule has 0 spiro atoms. The molecule has 1 aromatic heterocycles. The minimum Gasteiger partial charge on any atom is -0.508 e. The van der Waals surface area contributed by atoms with Crippen LogP contribution in [0.2, 0.25) is 0 Å². The second-order valence-corrected chi connectivity index (χ2v) is 5.41. The van der Waals surface area contributed by atoms with Crippen molar-refractivity contribution in [3.8, 4) is 5.75 Å². The zero-order valence-electron chi connectivity index (χ0n) is 9.54. The lowest BCUT2D eigenvalue weighted by Crippen LogP contribution is -2.24. The van der Waals surface area contributed by atoms with E-state index < -0.39 is 0 Å². The van der Waals surface area contributed by atoms with Gasteiger partial charge in [-0.25, -0.2) is 4.98 Å². The molecule has 94 valence electrons. The molecule has 2 heterocycles. The number of phenols is 1. The van der Waals surface area contributed by atoms with Crippen molar-refractivity contribution in [1.29, 1.82) is 0 Å². The molecule has 1 aromatic carbocycles. The molecule has 1 amide bonds. The molecule has 1 atom stereocenters. The second kappa shape index (κ2) is 4.22. The van der Waals surface area contributed by atoms with E-state index in [-0.39, 0.29) is 24.2 Å². The van der Waals surface area contributed by atoms with Gasteiger partial charge in [-0.1, -0.05) is 11.3 Å². The van der Waals surface area contributed by atoms with Gasteiger partial charge in [0.2, 0.25) is 5.91 Å². The van der Waals surface area contributed by atoms with Crippen LogP contribution in [0.3, 0.4) is 0 Å². The van der Waals surface area contributed by atoms with Gasteiger partial charge < -0.3 is 10.2 Å². The van der Waals surface area contributed by atoms with Crippen LogP contribution in [0.1, 0.15) is 6.42 Å². The van der Waals surface area contributed by atoms with Crippen molar-refractivity contribution < 1.29 is 15.0 Å². The SMILES string of the molecule is O=C1CC(CO)CN1c1nc2ccc(O)cc2s1. The Morgan fingerprint density at radius 2 is 2.33 bits per heavy atom. The van der Waals surface area contributed by atoms with Gasteiger partial charge in [0.25, 0.3) is 0 Å². The Balaban J connectivity index is 1.97. The molecule has 1 saturated heterocycles. The van der Waals surface area contributed by atoms with Crippen LogP contribution in [0.4, 0.5) is 5.13 Å². The maximum absolute atomic E-state index is 11.8. The number of aromatic hydroxyl groups is 1. The average Bonchev–Trinajstić information content (AvgIpc) is 2.91. The van der Waals surface area contributed by atoms with E-state index in [1.165, 1.54) is 11.3 Å². The topological polar surface area (TPSA) is 73.7 Å². The number of hydrogen-bond acceptors (Lipinski definition) is 5. The molecule has 0 bridgehead atoms. The number of carbonyl (C=O) groups is 1. The summed E-state index contributed by atoms with van der Waals surface area (Å²) in [6.45, 7) is 0.537. The maximum atomic E-state index is 11.8. The molecule has 1 unspecified atom stereocenters. The van der Waals surface area contributed by atoms with Crippen molar-refractivity contribution in [2.75, 3.05) is 18.1 Å². The number of benzene rings is 1. The molecular formula is C12H12N2O3S. The normalized spacial score (nSPS) is 19.9. The molecule has 1 fully saturated rings. The zero-order valence-corrected chi connectivity index (χ0v) is 10.4. The minimum absolute atomic E-state index is 0.00193. The first-order valence-corrected chi connectivity index (χ1v) is 6.50. The van der Waals surface area contributed by atoms with E-state index in [0.717, 1.165) is 10.2 Å². The molecule has 6 heteroatoms. The molecule has 1 aliphatic heterocycles. The van der Waals surface area contributed by atoms with Gasteiger partial charge in [0, 0.05) is 25.5 Å². The van der Waals surface area contributed by atoms with Gasteiger partial charge in [0.05, 0.1) is 10.2 Å². The number of phenolic OH excluding ortho intramolecular Hbond substituents is 1. The van der Waals surface area contributed by atoms with Crippen LogP contribution in [0.15, 0.2) is 18.2 Å². The highest BCUT2D eigenvalue weighted by atomic mass is 32.1. The minimum atomic E-state index is -0.00247. The summed E-state index contributed by atoms with van der Waals surface area (Å²) in [5, 5.41) is 19.1. The number of thiazole rings is 1. The molecule has 5 nitrogen and oxygen atoms in total. The first-order chi connectivity index (χ1) is 8.67. The third kappa shape index (κ3) is 1.83. The van der Waals surface area contributed by atoms with Crippen LogP contribution in [-0.4, -0.2) is 34.3 Å². The second-order valence-electron chi connectivity index (χ2n) is 4.41. The van der Waals surface area contributed by atoms with Gasteiger partial charge in [-0.3, -0.25) is 9.69 Å². The monoisotopic (exact) mass is 264 g/mol. The third-order valence-electron chi connectivity index (χ3n) is 3.05. The summed E-state index contributed by atoms with van der Waals surface area (Å²) >= 11 is 1.38. The highest BCUT2D eigenvalue weighted by Gasteiger charge is 2.31. The number of rotatable bonds is 2. The number of nitrogens with zero attached hydrogens (tertiary/aromatic N) is 2. The lowest BCUT2D eigenvalue weighted by Gasteiger charge is -2.11. The van der Waals surface area contributed by atoms with E-state index in [4.69, 9.17) is 5.11 Å². The Hall–Kier alpha value is -1.66. The lowest BCUT2D eigenvalue weighted by molar-refractivity contribution is -0.117. The summed E-state index contributed by atoms with van der Waals surface area (Å²) in [5.41, 5.74) is 0.771. The van der Waals surface area contributed by atoms with Gasteiger partial charge in [0.1, 0.15) is 5.75 Å². The average molecular weight is 264 g/mol. The zero-order chi connectivity index (χ0) is 12.7. The Bertz CT molecular complexity index is 610. The summed E-state index contributed by atoms with van der Waals surface area (Å²) in [6.07, 6.45) is 0.373. The van der Waals surface area contributed by atoms with Crippen LogP contribution in [0, 0.1) is 5.92 Å². The number of aliphatic hydroxyl groups excluding tert-OH is 1. The van der Waals surface area contributed by atoms with Crippen molar-refractivity contribution >= 4 is 32.6 Å². The molecule has 2 N–H and O–H groups in total.